The van der Waals surface area contributed by atoms with E-state index >= 15 is 0 Å². The number of ether oxygens (including phenoxy) is 1. The molecule has 72 valence electrons. The Morgan fingerprint density at radius 3 is 3.08 bits per heavy atom. The van der Waals surface area contributed by atoms with E-state index in [4.69, 9.17) is 10.5 Å². The average molecular weight is 181 g/mol. The molecule has 1 saturated heterocycles. The number of anilines is 1. The highest BCUT2D eigenvalue weighted by Gasteiger charge is 2.18. The molecule has 0 spiro atoms. The van der Waals surface area contributed by atoms with Gasteiger partial charge in [0.2, 0.25) is 0 Å². The smallest absolute Gasteiger partial charge is 0.121 e. The predicted octanol–water partition coefficient (Wildman–Crippen LogP) is 0.896. The maximum absolute atomic E-state index is 5.71. The van der Waals surface area contributed by atoms with Gasteiger partial charge in [-0.2, -0.15) is 5.10 Å². The van der Waals surface area contributed by atoms with Crippen molar-refractivity contribution in [2.45, 2.75) is 18.8 Å². The second-order valence-electron chi connectivity index (χ2n) is 3.53. The fraction of sp³-hybridized carbons (Fsp3) is 0.667. The molecule has 0 saturated carbocycles. The predicted molar refractivity (Wildman–Crippen MR) is 50.4 cm³/mol. The van der Waals surface area contributed by atoms with Crippen molar-refractivity contribution in [2.75, 3.05) is 18.9 Å². The lowest BCUT2D eigenvalue weighted by molar-refractivity contribution is 0.0791. The lowest BCUT2D eigenvalue weighted by Crippen LogP contribution is -2.16. The molecule has 1 aromatic rings. The molecule has 1 aliphatic rings. The van der Waals surface area contributed by atoms with Crippen LogP contribution in [0.5, 0.6) is 0 Å². The van der Waals surface area contributed by atoms with E-state index in [-0.39, 0.29) is 0 Å². The highest BCUT2D eigenvalue weighted by atomic mass is 16.5. The molecular weight excluding hydrogens is 166 g/mol. The Balaban J connectivity index is 2.14. The number of hydrogen-bond donors (Lipinski definition) is 1. The molecule has 0 aromatic carbocycles. The van der Waals surface area contributed by atoms with Crippen molar-refractivity contribution in [3.8, 4) is 0 Å². The van der Waals surface area contributed by atoms with Crippen LogP contribution in [0.25, 0.3) is 0 Å². The Morgan fingerprint density at radius 1 is 1.69 bits per heavy atom. The third kappa shape index (κ3) is 1.67. The average Bonchev–Trinajstić information content (AvgIpc) is 2.49. The molecule has 0 bridgehead atoms. The second-order valence-corrected chi connectivity index (χ2v) is 3.53. The summed E-state index contributed by atoms with van der Waals surface area (Å²) < 4.78 is 7.11. The Kier molecular flexibility index (Phi) is 2.22. The number of nitrogen functional groups attached to an aromatic ring is 1. The Morgan fingerprint density at radius 2 is 2.54 bits per heavy atom. The SMILES string of the molecule is Cn1nc([C@@H]2CCCOC2)cc1N. The van der Waals surface area contributed by atoms with E-state index < -0.39 is 0 Å². The minimum Gasteiger partial charge on any atom is -0.384 e. The van der Waals surface area contributed by atoms with Gasteiger partial charge in [-0.3, -0.25) is 4.68 Å². The van der Waals surface area contributed by atoms with Gasteiger partial charge in [-0.05, 0) is 12.8 Å². The van der Waals surface area contributed by atoms with Gasteiger partial charge in [-0.25, -0.2) is 0 Å². The molecule has 0 unspecified atom stereocenters. The topological polar surface area (TPSA) is 53.1 Å². The summed E-state index contributed by atoms with van der Waals surface area (Å²) >= 11 is 0. The molecule has 1 atom stereocenters. The molecule has 13 heavy (non-hydrogen) atoms. The van der Waals surface area contributed by atoms with Gasteiger partial charge in [0, 0.05) is 25.6 Å². The molecule has 1 aliphatic heterocycles. The van der Waals surface area contributed by atoms with Crippen molar-refractivity contribution in [1.29, 1.82) is 0 Å². The van der Waals surface area contributed by atoms with Crippen molar-refractivity contribution in [3.63, 3.8) is 0 Å². The van der Waals surface area contributed by atoms with E-state index in [2.05, 4.69) is 5.10 Å². The molecular formula is C9H15N3O. The molecule has 0 radical (unpaired) electrons. The van der Waals surface area contributed by atoms with Gasteiger partial charge in [0.15, 0.2) is 0 Å². The van der Waals surface area contributed by atoms with Crippen LogP contribution in [0, 0.1) is 0 Å². The van der Waals surface area contributed by atoms with Gasteiger partial charge >= 0.3 is 0 Å². The Hall–Kier alpha value is -1.03. The first-order chi connectivity index (χ1) is 6.27. The van der Waals surface area contributed by atoms with Crippen LogP contribution in [0.2, 0.25) is 0 Å². The van der Waals surface area contributed by atoms with E-state index in [1.54, 1.807) is 4.68 Å². The van der Waals surface area contributed by atoms with Crippen LogP contribution in [0.15, 0.2) is 6.07 Å². The molecule has 2 heterocycles. The summed E-state index contributed by atoms with van der Waals surface area (Å²) in [5.41, 5.74) is 6.78. The molecule has 1 fully saturated rings. The molecule has 2 N–H and O–H groups in total. The molecule has 1 aromatic heterocycles. The Labute approximate surface area is 77.7 Å². The molecule has 0 amide bonds. The fourth-order valence-electron chi connectivity index (χ4n) is 1.68. The van der Waals surface area contributed by atoms with Crippen LogP contribution in [0.3, 0.4) is 0 Å². The third-order valence-corrected chi connectivity index (χ3v) is 2.51. The van der Waals surface area contributed by atoms with Crippen LogP contribution in [-0.4, -0.2) is 23.0 Å². The summed E-state index contributed by atoms with van der Waals surface area (Å²) in [6.07, 6.45) is 2.29. The van der Waals surface area contributed by atoms with E-state index in [0.717, 1.165) is 37.6 Å². The van der Waals surface area contributed by atoms with Crippen molar-refractivity contribution in [2.24, 2.45) is 7.05 Å². The summed E-state index contributed by atoms with van der Waals surface area (Å²) in [6, 6.07) is 1.94. The number of nitrogens with zero attached hydrogens (tertiary/aromatic N) is 2. The van der Waals surface area contributed by atoms with Crippen molar-refractivity contribution >= 4 is 5.82 Å². The Bertz CT molecular complexity index is 270. The quantitative estimate of drug-likeness (QED) is 0.700. The fourth-order valence-corrected chi connectivity index (χ4v) is 1.68. The van der Waals surface area contributed by atoms with Gasteiger partial charge in [-0.15, -0.1) is 0 Å². The third-order valence-electron chi connectivity index (χ3n) is 2.51. The van der Waals surface area contributed by atoms with E-state index in [9.17, 15) is 0 Å². The molecule has 2 rings (SSSR count). The monoisotopic (exact) mass is 181 g/mol. The number of hydrogen-bond acceptors (Lipinski definition) is 3. The zero-order valence-corrected chi connectivity index (χ0v) is 7.86. The first kappa shape index (κ1) is 8.56. The minimum absolute atomic E-state index is 0.442. The van der Waals surface area contributed by atoms with E-state index in [1.807, 2.05) is 13.1 Å². The molecule has 4 heteroatoms. The maximum Gasteiger partial charge on any atom is 0.121 e. The van der Waals surface area contributed by atoms with E-state index in [1.165, 1.54) is 0 Å². The number of nitrogens with two attached hydrogens (primary N) is 1. The second kappa shape index (κ2) is 3.38. The number of aryl methyl sites for hydroxylation is 1. The van der Waals surface area contributed by atoms with Crippen molar-refractivity contribution in [1.82, 2.24) is 9.78 Å². The lowest BCUT2D eigenvalue weighted by atomic mass is 9.99. The summed E-state index contributed by atoms with van der Waals surface area (Å²) in [5.74, 6) is 1.16. The normalized spacial score (nSPS) is 23.3. The first-order valence-corrected chi connectivity index (χ1v) is 4.64. The molecule has 4 nitrogen and oxygen atoms in total. The van der Waals surface area contributed by atoms with Gasteiger partial charge < -0.3 is 10.5 Å². The highest BCUT2D eigenvalue weighted by molar-refractivity contribution is 5.32. The minimum atomic E-state index is 0.442. The van der Waals surface area contributed by atoms with Crippen LogP contribution in [0.1, 0.15) is 24.5 Å². The van der Waals surface area contributed by atoms with Crippen LogP contribution in [0.4, 0.5) is 5.82 Å². The zero-order chi connectivity index (χ0) is 9.26. The van der Waals surface area contributed by atoms with Crippen LogP contribution >= 0.6 is 0 Å². The summed E-state index contributed by atoms with van der Waals surface area (Å²) in [6.45, 7) is 1.68. The highest BCUT2D eigenvalue weighted by Crippen LogP contribution is 2.25. The summed E-state index contributed by atoms with van der Waals surface area (Å²) in [7, 11) is 1.86. The number of aromatic nitrogens is 2. The summed E-state index contributed by atoms with van der Waals surface area (Å²) in [4.78, 5) is 0. The van der Waals surface area contributed by atoms with Gasteiger partial charge in [0.1, 0.15) is 5.82 Å². The molecule has 0 aliphatic carbocycles. The lowest BCUT2D eigenvalue weighted by Gasteiger charge is -2.19. The largest absolute Gasteiger partial charge is 0.384 e. The standard InChI is InChI=1S/C9H15N3O/c1-12-9(10)5-8(11-12)7-3-2-4-13-6-7/h5,7H,2-4,6,10H2,1H3/t7-/m1/s1. The summed E-state index contributed by atoms with van der Waals surface area (Å²) in [5, 5.41) is 4.35. The van der Waals surface area contributed by atoms with Crippen molar-refractivity contribution in [3.05, 3.63) is 11.8 Å². The zero-order valence-electron chi connectivity index (χ0n) is 7.86. The van der Waals surface area contributed by atoms with Gasteiger partial charge in [0.25, 0.3) is 0 Å². The van der Waals surface area contributed by atoms with Gasteiger partial charge in [-0.1, -0.05) is 0 Å². The number of rotatable bonds is 1. The first-order valence-electron chi connectivity index (χ1n) is 4.64. The maximum atomic E-state index is 5.71. The van der Waals surface area contributed by atoms with E-state index in [0.29, 0.717) is 5.92 Å². The van der Waals surface area contributed by atoms with Crippen LogP contribution in [-0.2, 0) is 11.8 Å². The van der Waals surface area contributed by atoms with Gasteiger partial charge in [0.05, 0.1) is 12.3 Å². The van der Waals surface area contributed by atoms with Crippen molar-refractivity contribution < 1.29 is 4.74 Å². The van der Waals surface area contributed by atoms with Crippen LogP contribution < -0.4 is 5.73 Å².